The van der Waals surface area contributed by atoms with E-state index in [1.54, 1.807) is 6.20 Å². The van der Waals surface area contributed by atoms with Gasteiger partial charge in [0.1, 0.15) is 11.4 Å². The zero-order valence-corrected chi connectivity index (χ0v) is 12.7. The molecule has 0 bridgehead atoms. The largest absolute Gasteiger partial charge is 0.455 e. The molecular formula is C14H22N4O3. The summed E-state index contributed by atoms with van der Waals surface area (Å²) in [6.45, 7) is 7.93. The number of aromatic nitrogens is 2. The average molecular weight is 294 g/mol. The summed E-state index contributed by atoms with van der Waals surface area (Å²) in [6, 6.07) is 0. The van der Waals surface area contributed by atoms with Crippen LogP contribution >= 0.6 is 0 Å². The topological polar surface area (TPSA) is 90.6 Å². The molecule has 2 rings (SSSR count). The van der Waals surface area contributed by atoms with Crippen LogP contribution in [0.4, 0.5) is 5.82 Å². The Morgan fingerprint density at radius 3 is 2.81 bits per heavy atom. The van der Waals surface area contributed by atoms with E-state index in [0.29, 0.717) is 25.5 Å². The molecule has 0 aromatic carbocycles. The van der Waals surface area contributed by atoms with E-state index < -0.39 is 11.6 Å². The van der Waals surface area contributed by atoms with Crippen molar-refractivity contribution in [3.05, 3.63) is 18.1 Å². The summed E-state index contributed by atoms with van der Waals surface area (Å²) in [4.78, 5) is 22.3. The van der Waals surface area contributed by atoms with Crippen molar-refractivity contribution in [3.8, 4) is 0 Å². The van der Waals surface area contributed by atoms with Gasteiger partial charge in [-0.2, -0.15) is 0 Å². The molecule has 21 heavy (non-hydrogen) atoms. The van der Waals surface area contributed by atoms with Gasteiger partial charge in [0.25, 0.3) is 0 Å². The van der Waals surface area contributed by atoms with Crippen molar-refractivity contribution in [2.45, 2.75) is 32.5 Å². The van der Waals surface area contributed by atoms with Gasteiger partial charge in [0.05, 0.1) is 25.1 Å². The summed E-state index contributed by atoms with van der Waals surface area (Å²) in [5.41, 5.74) is 5.28. The third kappa shape index (κ3) is 4.37. The summed E-state index contributed by atoms with van der Waals surface area (Å²) in [7, 11) is 0. The standard InChI is InChI=1S/C14H22N4O3/c1-14(2,3)21-13(19)11-7-17-12(8-16-11)18-4-5-20-10(6-15)9-18/h7-8,10H,4-6,9,15H2,1-3H3. The van der Waals surface area contributed by atoms with E-state index in [1.165, 1.54) is 6.20 Å². The van der Waals surface area contributed by atoms with Gasteiger partial charge in [-0.15, -0.1) is 0 Å². The fourth-order valence-electron chi connectivity index (χ4n) is 1.99. The zero-order chi connectivity index (χ0) is 15.5. The van der Waals surface area contributed by atoms with E-state index in [2.05, 4.69) is 9.97 Å². The number of rotatable bonds is 3. The highest BCUT2D eigenvalue weighted by Gasteiger charge is 2.22. The SMILES string of the molecule is CC(C)(C)OC(=O)c1cnc(N2CCOC(CN)C2)cn1. The Hall–Kier alpha value is -1.73. The predicted molar refractivity (Wildman–Crippen MR) is 78.2 cm³/mol. The number of morpholine rings is 1. The summed E-state index contributed by atoms with van der Waals surface area (Å²) >= 11 is 0. The smallest absolute Gasteiger partial charge is 0.359 e. The van der Waals surface area contributed by atoms with Gasteiger partial charge < -0.3 is 20.1 Å². The molecule has 1 fully saturated rings. The second kappa shape index (κ2) is 6.36. The van der Waals surface area contributed by atoms with Crippen LogP contribution in [0.3, 0.4) is 0 Å². The summed E-state index contributed by atoms with van der Waals surface area (Å²) < 4.78 is 10.8. The van der Waals surface area contributed by atoms with E-state index >= 15 is 0 Å². The molecule has 7 nitrogen and oxygen atoms in total. The molecule has 1 aromatic rings. The quantitative estimate of drug-likeness (QED) is 0.816. The maximum absolute atomic E-state index is 11.9. The molecule has 1 saturated heterocycles. The molecule has 0 radical (unpaired) electrons. The van der Waals surface area contributed by atoms with E-state index in [9.17, 15) is 4.79 Å². The zero-order valence-electron chi connectivity index (χ0n) is 12.7. The monoisotopic (exact) mass is 294 g/mol. The van der Waals surface area contributed by atoms with E-state index in [4.69, 9.17) is 15.2 Å². The number of anilines is 1. The van der Waals surface area contributed by atoms with Crippen LogP contribution < -0.4 is 10.6 Å². The third-order valence-corrected chi connectivity index (χ3v) is 2.97. The van der Waals surface area contributed by atoms with Crippen LogP contribution in [0.15, 0.2) is 12.4 Å². The Balaban J connectivity index is 2.03. The molecule has 0 amide bonds. The number of hydrogen-bond donors (Lipinski definition) is 1. The van der Waals surface area contributed by atoms with Crippen LogP contribution in [0, 0.1) is 0 Å². The van der Waals surface area contributed by atoms with Gasteiger partial charge in [-0.1, -0.05) is 0 Å². The highest BCUT2D eigenvalue weighted by atomic mass is 16.6. The molecular weight excluding hydrogens is 272 g/mol. The Morgan fingerprint density at radius 1 is 1.48 bits per heavy atom. The lowest BCUT2D eigenvalue weighted by atomic mass is 10.2. The molecule has 1 aromatic heterocycles. The first-order valence-corrected chi connectivity index (χ1v) is 7.01. The highest BCUT2D eigenvalue weighted by molar-refractivity contribution is 5.87. The number of ether oxygens (including phenoxy) is 2. The van der Waals surface area contributed by atoms with Crippen LogP contribution in [-0.2, 0) is 9.47 Å². The first-order valence-electron chi connectivity index (χ1n) is 7.01. The Labute approximate surface area is 124 Å². The molecule has 1 unspecified atom stereocenters. The number of esters is 1. The minimum atomic E-state index is -0.546. The van der Waals surface area contributed by atoms with Crippen molar-refractivity contribution in [1.29, 1.82) is 0 Å². The maximum Gasteiger partial charge on any atom is 0.359 e. The van der Waals surface area contributed by atoms with Crippen molar-refractivity contribution < 1.29 is 14.3 Å². The number of hydrogen-bond acceptors (Lipinski definition) is 7. The minimum absolute atomic E-state index is 0.00563. The average Bonchev–Trinajstić information content (AvgIpc) is 2.46. The van der Waals surface area contributed by atoms with Crippen LogP contribution in [0.5, 0.6) is 0 Å². The summed E-state index contributed by atoms with van der Waals surface area (Å²) in [6.07, 6.45) is 3.03. The van der Waals surface area contributed by atoms with Gasteiger partial charge in [-0.05, 0) is 20.8 Å². The molecule has 1 atom stereocenters. The van der Waals surface area contributed by atoms with Crippen molar-refractivity contribution in [2.75, 3.05) is 31.1 Å². The van der Waals surface area contributed by atoms with Gasteiger partial charge in [0, 0.05) is 19.6 Å². The van der Waals surface area contributed by atoms with Crippen LogP contribution in [0.2, 0.25) is 0 Å². The lowest BCUT2D eigenvalue weighted by Crippen LogP contribution is -2.46. The van der Waals surface area contributed by atoms with Gasteiger partial charge >= 0.3 is 5.97 Å². The number of carbonyl (C=O) groups excluding carboxylic acids is 1. The van der Waals surface area contributed by atoms with Crippen molar-refractivity contribution in [1.82, 2.24) is 9.97 Å². The Kier molecular flexibility index (Phi) is 4.74. The molecule has 1 aliphatic heterocycles. The maximum atomic E-state index is 11.9. The lowest BCUT2D eigenvalue weighted by Gasteiger charge is -2.32. The first-order chi connectivity index (χ1) is 9.89. The molecule has 2 heterocycles. The first kappa shape index (κ1) is 15.7. The fraction of sp³-hybridized carbons (Fsp3) is 0.643. The van der Waals surface area contributed by atoms with E-state index in [0.717, 1.165) is 6.54 Å². The van der Waals surface area contributed by atoms with Gasteiger partial charge in [0.2, 0.25) is 0 Å². The van der Waals surface area contributed by atoms with Crippen molar-refractivity contribution in [3.63, 3.8) is 0 Å². The van der Waals surface area contributed by atoms with Crippen molar-refractivity contribution in [2.24, 2.45) is 5.73 Å². The Bertz CT molecular complexity index is 484. The van der Waals surface area contributed by atoms with E-state index in [-0.39, 0.29) is 11.8 Å². The van der Waals surface area contributed by atoms with E-state index in [1.807, 2.05) is 25.7 Å². The molecule has 1 aliphatic rings. The number of carbonyl (C=O) groups is 1. The summed E-state index contributed by atoms with van der Waals surface area (Å²) in [5, 5.41) is 0. The normalized spacial score (nSPS) is 19.4. The van der Waals surface area contributed by atoms with Gasteiger partial charge in [-0.25, -0.2) is 14.8 Å². The van der Waals surface area contributed by atoms with Crippen LogP contribution in [-0.4, -0.2) is 53.9 Å². The molecule has 7 heteroatoms. The molecule has 0 aliphatic carbocycles. The second-order valence-corrected chi connectivity index (χ2v) is 5.94. The molecule has 116 valence electrons. The predicted octanol–water partition coefficient (Wildman–Crippen LogP) is 0.596. The summed E-state index contributed by atoms with van der Waals surface area (Å²) in [5.74, 6) is 0.243. The third-order valence-electron chi connectivity index (χ3n) is 2.97. The number of nitrogens with two attached hydrogens (primary N) is 1. The molecule has 0 spiro atoms. The fourth-order valence-corrected chi connectivity index (χ4v) is 1.99. The Morgan fingerprint density at radius 2 is 2.24 bits per heavy atom. The lowest BCUT2D eigenvalue weighted by molar-refractivity contribution is 0.00622. The van der Waals surface area contributed by atoms with Crippen molar-refractivity contribution >= 4 is 11.8 Å². The number of nitrogens with zero attached hydrogens (tertiary/aromatic N) is 3. The highest BCUT2D eigenvalue weighted by Crippen LogP contribution is 2.15. The van der Waals surface area contributed by atoms with Gasteiger partial charge in [-0.3, -0.25) is 0 Å². The minimum Gasteiger partial charge on any atom is -0.455 e. The molecule has 0 saturated carbocycles. The van der Waals surface area contributed by atoms with Crippen LogP contribution in [0.25, 0.3) is 0 Å². The van der Waals surface area contributed by atoms with Gasteiger partial charge in [0.15, 0.2) is 5.69 Å². The molecule has 2 N–H and O–H groups in total. The van der Waals surface area contributed by atoms with Crippen LogP contribution in [0.1, 0.15) is 31.3 Å². The second-order valence-electron chi connectivity index (χ2n) is 5.94.